The fourth-order valence-corrected chi connectivity index (χ4v) is 1.74. The molecule has 0 aromatic carbocycles. The Morgan fingerprint density at radius 1 is 1.12 bits per heavy atom. The van der Waals surface area contributed by atoms with E-state index in [0.29, 0.717) is 12.2 Å². The minimum absolute atomic E-state index is 0.300. The van der Waals surface area contributed by atoms with Crippen LogP contribution in [0.1, 0.15) is 47.1 Å². The summed E-state index contributed by atoms with van der Waals surface area (Å²) in [5.74, 6) is -0.0997. The average Bonchev–Trinajstić information content (AvgIpc) is 2.36. The molecule has 1 rings (SSSR count). The summed E-state index contributed by atoms with van der Waals surface area (Å²) >= 11 is 0. The third-order valence-electron chi connectivity index (χ3n) is 2.62. The Balaban J connectivity index is 2.58. The molecule has 1 aromatic rings. The van der Waals surface area contributed by atoms with Gasteiger partial charge < -0.3 is 15.2 Å². The van der Waals surface area contributed by atoms with Gasteiger partial charge in [0.2, 0.25) is 0 Å². The van der Waals surface area contributed by atoms with Gasteiger partial charge in [-0.15, -0.1) is 0 Å². The molecule has 0 aliphatic rings. The van der Waals surface area contributed by atoms with Crippen molar-refractivity contribution in [3.05, 3.63) is 23.9 Å². The SMILES string of the molecule is CC(C)(C)OC(=O)Nc1ccc(C[C@H](N)C(=O)OC(C)(C)C)cn1. The first kappa shape index (κ1) is 19.9. The van der Waals surface area contributed by atoms with E-state index in [1.54, 1.807) is 59.9 Å². The third-order valence-corrected chi connectivity index (χ3v) is 2.62. The van der Waals surface area contributed by atoms with Gasteiger partial charge in [0.15, 0.2) is 0 Å². The topological polar surface area (TPSA) is 104 Å². The maximum atomic E-state index is 11.9. The number of hydrogen-bond donors (Lipinski definition) is 2. The summed E-state index contributed by atoms with van der Waals surface area (Å²) in [5, 5.41) is 2.54. The van der Waals surface area contributed by atoms with Gasteiger partial charge in [-0.05, 0) is 59.6 Å². The number of pyridine rings is 1. The fraction of sp³-hybridized carbons (Fsp3) is 0.588. The largest absolute Gasteiger partial charge is 0.459 e. The Kier molecular flexibility index (Phi) is 6.31. The third kappa shape index (κ3) is 7.92. The molecular formula is C17H27N3O4. The van der Waals surface area contributed by atoms with E-state index < -0.39 is 29.3 Å². The van der Waals surface area contributed by atoms with E-state index in [4.69, 9.17) is 15.2 Å². The Hall–Kier alpha value is -2.15. The van der Waals surface area contributed by atoms with E-state index in [0.717, 1.165) is 5.56 Å². The highest BCUT2D eigenvalue weighted by atomic mass is 16.6. The van der Waals surface area contributed by atoms with E-state index in [9.17, 15) is 9.59 Å². The minimum atomic E-state index is -0.768. The lowest BCUT2D eigenvalue weighted by Crippen LogP contribution is -2.38. The minimum Gasteiger partial charge on any atom is -0.459 e. The number of nitrogens with zero attached hydrogens (tertiary/aromatic N) is 1. The fourth-order valence-electron chi connectivity index (χ4n) is 1.74. The van der Waals surface area contributed by atoms with Gasteiger partial charge in [0.1, 0.15) is 23.1 Å². The summed E-state index contributed by atoms with van der Waals surface area (Å²) in [6.45, 7) is 10.7. The van der Waals surface area contributed by atoms with E-state index >= 15 is 0 Å². The Morgan fingerprint density at radius 3 is 2.17 bits per heavy atom. The zero-order chi connectivity index (χ0) is 18.5. The Morgan fingerprint density at radius 2 is 1.71 bits per heavy atom. The molecule has 0 fully saturated rings. The van der Waals surface area contributed by atoms with Crippen molar-refractivity contribution in [1.82, 2.24) is 4.98 Å². The molecule has 0 aliphatic heterocycles. The van der Waals surface area contributed by atoms with Crippen LogP contribution >= 0.6 is 0 Å². The van der Waals surface area contributed by atoms with Crippen molar-refractivity contribution in [2.24, 2.45) is 5.73 Å². The number of ether oxygens (including phenoxy) is 2. The number of nitrogens with one attached hydrogen (secondary N) is 1. The molecule has 3 N–H and O–H groups in total. The first-order valence-corrected chi connectivity index (χ1v) is 7.79. The lowest BCUT2D eigenvalue weighted by molar-refractivity contribution is -0.156. The summed E-state index contributed by atoms with van der Waals surface area (Å²) in [5.41, 5.74) is 5.46. The van der Waals surface area contributed by atoms with Crippen LogP contribution < -0.4 is 11.1 Å². The van der Waals surface area contributed by atoms with Gasteiger partial charge in [-0.25, -0.2) is 9.78 Å². The smallest absolute Gasteiger partial charge is 0.413 e. The second-order valence-electron chi connectivity index (χ2n) is 7.52. The van der Waals surface area contributed by atoms with Gasteiger partial charge in [0.05, 0.1) is 0 Å². The maximum Gasteiger partial charge on any atom is 0.413 e. The quantitative estimate of drug-likeness (QED) is 0.819. The summed E-state index contributed by atoms with van der Waals surface area (Å²) in [4.78, 5) is 27.6. The number of nitrogens with two attached hydrogens (primary N) is 1. The molecule has 1 heterocycles. The number of anilines is 1. The van der Waals surface area contributed by atoms with Gasteiger partial charge >= 0.3 is 12.1 Å². The summed E-state index contributed by atoms with van der Waals surface area (Å²) in [7, 11) is 0. The van der Waals surface area contributed by atoms with Crippen molar-refractivity contribution in [2.75, 3.05) is 5.32 Å². The van der Waals surface area contributed by atoms with Crippen LogP contribution in [-0.4, -0.2) is 34.3 Å². The van der Waals surface area contributed by atoms with Crippen LogP contribution in [0.4, 0.5) is 10.6 Å². The van der Waals surface area contributed by atoms with Crippen LogP contribution in [-0.2, 0) is 20.7 Å². The molecule has 1 aromatic heterocycles. The molecule has 0 bridgehead atoms. The lowest BCUT2D eigenvalue weighted by atomic mass is 10.1. The summed E-state index contributed by atoms with van der Waals surface area (Å²) in [6.07, 6.45) is 1.28. The number of esters is 1. The van der Waals surface area contributed by atoms with Crippen LogP contribution in [0.2, 0.25) is 0 Å². The van der Waals surface area contributed by atoms with Crippen molar-refractivity contribution in [1.29, 1.82) is 0 Å². The number of hydrogen-bond acceptors (Lipinski definition) is 6. The number of carbonyl (C=O) groups excluding carboxylic acids is 2. The first-order chi connectivity index (χ1) is 10.9. The molecule has 0 saturated carbocycles. The molecule has 1 amide bonds. The van der Waals surface area contributed by atoms with Crippen LogP contribution in [0, 0.1) is 0 Å². The van der Waals surface area contributed by atoms with E-state index in [-0.39, 0.29) is 0 Å². The molecule has 0 aliphatic carbocycles. The van der Waals surface area contributed by atoms with E-state index in [1.165, 1.54) is 0 Å². The highest BCUT2D eigenvalue weighted by Gasteiger charge is 2.22. The molecule has 0 spiro atoms. The van der Waals surface area contributed by atoms with Gasteiger partial charge in [0.25, 0.3) is 0 Å². The number of amides is 1. The van der Waals surface area contributed by atoms with E-state index in [1.807, 2.05) is 0 Å². The van der Waals surface area contributed by atoms with Gasteiger partial charge in [0, 0.05) is 6.20 Å². The highest BCUT2D eigenvalue weighted by Crippen LogP contribution is 2.13. The monoisotopic (exact) mass is 337 g/mol. The molecule has 0 radical (unpaired) electrons. The molecule has 1 atom stereocenters. The number of rotatable bonds is 4. The summed E-state index contributed by atoms with van der Waals surface area (Å²) < 4.78 is 10.4. The molecule has 7 heteroatoms. The Bertz CT molecular complexity index is 571. The van der Waals surface area contributed by atoms with Gasteiger partial charge in [-0.3, -0.25) is 10.1 Å². The van der Waals surface area contributed by atoms with Gasteiger partial charge in [-0.2, -0.15) is 0 Å². The van der Waals surface area contributed by atoms with Crippen molar-refractivity contribution in [2.45, 2.75) is 65.2 Å². The number of aromatic nitrogens is 1. The highest BCUT2D eigenvalue weighted by molar-refractivity contribution is 5.83. The van der Waals surface area contributed by atoms with E-state index in [2.05, 4.69) is 10.3 Å². The number of carbonyl (C=O) groups is 2. The maximum absolute atomic E-state index is 11.9. The second-order valence-corrected chi connectivity index (χ2v) is 7.52. The molecule has 0 unspecified atom stereocenters. The normalized spacial score (nSPS) is 13.1. The molecule has 134 valence electrons. The standard InChI is InChI=1S/C17H27N3O4/c1-16(2,3)23-14(21)12(18)9-11-7-8-13(19-10-11)20-15(22)24-17(4,5)6/h7-8,10,12H,9,18H2,1-6H3,(H,19,20,22)/t12-/m0/s1. The average molecular weight is 337 g/mol. The van der Waals surface area contributed by atoms with Crippen LogP contribution in [0.3, 0.4) is 0 Å². The Labute approximate surface area is 142 Å². The summed E-state index contributed by atoms with van der Waals surface area (Å²) in [6, 6.07) is 2.60. The predicted octanol–water partition coefficient (Wildman–Crippen LogP) is 2.64. The molecule has 7 nitrogen and oxygen atoms in total. The molecule has 24 heavy (non-hydrogen) atoms. The lowest BCUT2D eigenvalue weighted by Gasteiger charge is -2.22. The first-order valence-electron chi connectivity index (χ1n) is 7.79. The van der Waals surface area contributed by atoms with Gasteiger partial charge in [-0.1, -0.05) is 6.07 Å². The molecular weight excluding hydrogens is 310 g/mol. The molecule has 0 saturated heterocycles. The van der Waals surface area contributed by atoms with Crippen LogP contribution in [0.5, 0.6) is 0 Å². The van der Waals surface area contributed by atoms with Crippen molar-refractivity contribution >= 4 is 17.9 Å². The van der Waals surface area contributed by atoms with Crippen molar-refractivity contribution in [3.63, 3.8) is 0 Å². The predicted molar refractivity (Wildman–Crippen MR) is 91.6 cm³/mol. The van der Waals surface area contributed by atoms with Crippen LogP contribution in [0.25, 0.3) is 0 Å². The van der Waals surface area contributed by atoms with Crippen LogP contribution in [0.15, 0.2) is 18.3 Å². The zero-order valence-electron chi connectivity index (χ0n) is 15.2. The van der Waals surface area contributed by atoms with Crippen molar-refractivity contribution < 1.29 is 19.1 Å². The van der Waals surface area contributed by atoms with Crippen molar-refractivity contribution in [3.8, 4) is 0 Å². The second kappa shape index (κ2) is 7.61. The zero-order valence-corrected chi connectivity index (χ0v) is 15.2.